The summed E-state index contributed by atoms with van der Waals surface area (Å²) < 4.78 is 1.34. The van der Waals surface area contributed by atoms with Crippen LogP contribution in [0.5, 0.6) is 0 Å². The van der Waals surface area contributed by atoms with E-state index in [0.29, 0.717) is 25.8 Å². The minimum atomic E-state index is -0.242. The van der Waals surface area contributed by atoms with Crippen molar-refractivity contribution in [2.24, 2.45) is 0 Å². The van der Waals surface area contributed by atoms with Gasteiger partial charge in [0.1, 0.15) is 4.83 Å². The Kier molecular flexibility index (Phi) is 4.83. The number of benzene rings is 2. The Morgan fingerprint density at radius 2 is 1.63 bits per heavy atom. The first-order chi connectivity index (χ1) is 13.0. The minimum absolute atomic E-state index is 0.0840. The van der Waals surface area contributed by atoms with Gasteiger partial charge in [-0.2, -0.15) is 0 Å². The number of nitrogens with zero attached hydrogens (tertiary/aromatic N) is 2. The second-order valence-electron chi connectivity index (χ2n) is 5.94. The van der Waals surface area contributed by atoms with E-state index in [-0.39, 0.29) is 17.9 Å². The van der Waals surface area contributed by atoms with Crippen molar-refractivity contribution in [2.45, 2.75) is 6.54 Å². The number of rotatable bonds is 4. The molecular weight excluding hydrogens is 403 g/mol. The Bertz CT molecular complexity index is 1200. The van der Waals surface area contributed by atoms with Crippen molar-refractivity contribution >= 4 is 50.5 Å². The lowest BCUT2D eigenvalue weighted by atomic mass is 10.1. The molecule has 0 aliphatic heterocycles. The van der Waals surface area contributed by atoms with Crippen LogP contribution in [-0.4, -0.2) is 15.3 Å². The lowest BCUT2D eigenvalue weighted by Gasteiger charge is -2.06. The van der Waals surface area contributed by atoms with E-state index < -0.39 is 0 Å². The minimum Gasteiger partial charge on any atom is -0.292 e. The molecule has 0 aliphatic rings. The number of carbonyl (C=O) groups excluding carboxylic acids is 1. The van der Waals surface area contributed by atoms with Crippen molar-refractivity contribution in [3.63, 3.8) is 0 Å². The predicted octanol–water partition coefficient (Wildman–Crippen LogP) is 5.31. The van der Waals surface area contributed by atoms with E-state index in [4.69, 9.17) is 23.2 Å². The van der Waals surface area contributed by atoms with E-state index in [0.717, 1.165) is 11.1 Å². The average molecular weight is 415 g/mol. The molecule has 0 saturated carbocycles. The van der Waals surface area contributed by atoms with Crippen LogP contribution in [0, 0.1) is 0 Å². The Balaban J connectivity index is 1.74. The summed E-state index contributed by atoms with van der Waals surface area (Å²) in [7, 11) is 0. The van der Waals surface area contributed by atoms with Crippen LogP contribution in [0.3, 0.4) is 0 Å². The Morgan fingerprint density at radius 3 is 2.30 bits per heavy atom. The van der Waals surface area contributed by atoms with Gasteiger partial charge in [-0.1, -0.05) is 35.3 Å². The van der Waals surface area contributed by atoms with Crippen LogP contribution >= 0.6 is 34.5 Å². The molecule has 2 heterocycles. The molecule has 27 heavy (non-hydrogen) atoms. The van der Waals surface area contributed by atoms with Crippen LogP contribution in [-0.2, 0) is 6.54 Å². The lowest BCUT2D eigenvalue weighted by molar-refractivity contribution is 0.0970. The smallest absolute Gasteiger partial charge is 0.263 e. The summed E-state index contributed by atoms with van der Waals surface area (Å²) in [6.07, 6.45) is 1.42. The van der Waals surface area contributed by atoms with Gasteiger partial charge in [-0.25, -0.2) is 4.98 Å². The second kappa shape index (κ2) is 7.27. The lowest BCUT2D eigenvalue weighted by Crippen LogP contribution is -2.24. The van der Waals surface area contributed by atoms with Gasteiger partial charge in [0.2, 0.25) is 0 Å². The number of fused-ring (bicyclic) bond motifs is 1. The first kappa shape index (κ1) is 17.9. The molecule has 4 nitrogen and oxygen atoms in total. The maximum Gasteiger partial charge on any atom is 0.263 e. The van der Waals surface area contributed by atoms with Gasteiger partial charge in [-0.15, -0.1) is 11.3 Å². The fourth-order valence-corrected chi connectivity index (χ4v) is 3.96. The summed E-state index contributed by atoms with van der Waals surface area (Å²) in [4.78, 5) is 30.5. The molecule has 0 saturated heterocycles. The molecule has 4 rings (SSSR count). The van der Waals surface area contributed by atoms with Gasteiger partial charge in [0.05, 0.1) is 18.3 Å². The highest BCUT2D eigenvalue weighted by Crippen LogP contribution is 2.31. The molecule has 0 spiro atoms. The van der Waals surface area contributed by atoms with Crippen LogP contribution in [0.25, 0.3) is 21.3 Å². The van der Waals surface area contributed by atoms with Gasteiger partial charge >= 0.3 is 0 Å². The van der Waals surface area contributed by atoms with Crippen LogP contribution in [0.4, 0.5) is 0 Å². The number of carbonyl (C=O) groups is 1. The number of hydrogen-bond donors (Lipinski definition) is 0. The quantitative estimate of drug-likeness (QED) is 0.424. The SMILES string of the molecule is O=C(Cn1cnc2scc(-c3ccc(Cl)cc3)c2c1=O)c1ccc(Cl)cc1. The molecule has 134 valence electrons. The van der Waals surface area contributed by atoms with Crippen molar-refractivity contribution in [3.05, 3.63) is 86.2 Å². The summed E-state index contributed by atoms with van der Waals surface area (Å²) in [5, 5.41) is 3.59. The van der Waals surface area contributed by atoms with E-state index in [2.05, 4.69) is 4.98 Å². The largest absolute Gasteiger partial charge is 0.292 e. The summed E-state index contributed by atoms with van der Waals surface area (Å²) in [5.41, 5.74) is 1.92. The molecule has 0 fully saturated rings. The van der Waals surface area contributed by atoms with E-state index in [1.165, 1.54) is 22.2 Å². The van der Waals surface area contributed by atoms with Crippen LogP contribution in [0.2, 0.25) is 10.0 Å². The molecule has 0 amide bonds. The highest BCUT2D eigenvalue weighted by Gasteiger charge is 2.15. The van der Waals surface area contributed by atoms with Crippen LogP contribution < -0.4 is 5.56 Å². The predicted molar refractivity (Wildman–Crippen MR) is 110 cm³/mol. The third kappa shape index (κ3) is 3.54. The number of thiophene rings is 1. The molecule has 0 atom stereocenters. The summed E-state index contributed by atoms with van der Waals surface area (Å²) in [6, 6.07) is 13.9. The van der Waals surface area contributed by atoms with Crippen molar-refractivity contribution < 1.29 is 4.79 Å². The zero-order valence-corrected chi connectivity index (χ0v) is 16.2. The molecular formula is C20H12Cl2N2O2S. The van der Waals surface area contributed by atoms with Gasteiger partial charge in [0, 0.05) is 26.6 Å². The first-order valence-corrected chi connectivity index (χ1v) is 9.68. The number of Topliss-reactive ketones (excluding diaryl/α,β-unsaturated/α-hetero) is 1. The standard InChI is InChI=1S/C20H12Cl2N2O2S/c21-14-5-1-12(2-6-14)16-10-27-19-18(16)20(26)24(11-23-19)9-17(25)13-3-7-15(22)8-4-13/h1-8,10-11H,9H2. The van der Waals surface area contributed by atoms with Crippen LogP contribution in [0.1, 0.15) is 10.4 Å². The zero-order chi connectivity index (χ0) is 19.0. The maximum atomic E-state index is 13.0. The summed E-state index contributed by atoms with van der Waals surface area (Å²) in [6.45, 7) is -0.0840. The van der Waals surface area contributed by atoms with E-state index in [1.807, 2.05) is 17.5 Å². The fraction of sp³-hybridized carbons (Fsp3) is 0.0500. The normalized spacial score (nSPS) is 11.0. The Morgan fingerprint density at radius 1 is 1.00 bits per heavy atom. The second-order valence-corrected chi connectivity index (χ2v) is 7.68. The molecule has 0 unspecified atom stereocenters. The molecule has 4 aromatic rings. The summed E-state index contributed by atoms with van der Waals surface area (Å²) >= 11 is 13.2. The third-order valence-electron chi connectivity index (χ3n) is 4.20. The molecule has 2 aromatic carbocycles. The molecule has 2 aromatic heterocycles. The van der Waals surface area contributed by atoms with Gasteiger partial charge < -0.3 is 0 Å². The zero-order valence-electron chi connectivity index (χ0n) is 13.9. The highest BCUT2D eigenvalue weighted by molar-refractivity contribution is 7.17. The van der Waals surface area contributed by atoms with Gasteiger partial charge in [0.25, 0.3) is 5.56 Å². The molecule has 0 bridgehead atoms. The Hall–Kier alpha value is -2.47. The van der Waals surface area contributed by atoms with Crippen molar-refractivity contribution in [1.29, 1.82) is 0 Å². The number of ketones is 1. The monoisotopic (exact) mass is 414 g/mol. The molecule has 7 heteroatoms. The average Bonchev–Trinajstić information content (AvgIpc) is 3.10. The molecule has 0 radical (unpaired) electrons. The molecule has 0 N–H and O–H groups in total. The first-order valence-electron chi connectivity index (χ1n) is 8.04. The van der Waals surface area contributed by atoms with E-state index >= 15 is 0 Å². The number of aromatic nitrogens is 2. The third-order valence-corrected chi connectivity index (χ3v) is 5.59. The number of hydrogen-bond acceptors (Lipinski definition) is 4. The van der Waals surface area contributed by atoms with Crippen molar-refractivity contribution in [3.8, 4) is 11.1 Å². The van der Waals surface area contributed by atoms with Gasteiger partial charge in [-0.05, 0) is 42.0 Å². The highest BCUT2D eigenvalue weighted by atomic mass is 35.5. The van der Waals surface area contributed by atoms with Crippen molar-refractivity contribution in [2.75, 3.05) is 0 Å². The fourth-order valence-electron chi connectivity index (χ4n) is 2.80. The van der Waals surface area contributed by atoms with Gasteiger partial charge in [0.15, 0.2) is 5.78 Å². The van der Waals surface area contributed by atoms with E-state index in [9.17, 15) is 9.59 Å². The van der Waals surface area contributed by atoms with Crippen molar-refractivity contribution in [1.82, 2.24) is 9.55 Å². The summed E-state index contributed by atoms with van der Waals surface area (Å²) in [5.74, 6) is -0.182. The maximum absolute atomic E-state index is 13.0. The van der Waals surface area contributed by atoms with E-state index in [1.54, 1.807) is 36.4 Å². The molecule has 0 aliphatic carbocycles. The van der Waals surface area contributed by atoms with Crippen LogP contribution in [0.15, 0.2) is 65.0 Å². The van der Waals surface area contributed by atoms with Gasteiger partial charge in [-0.3, -0.25) is 14.2 Å². The topological polar surface area (TPSA) is 52.0 Å². The Labute approximate surface area is 168 Å². The number of halogens is 2.